The highest BCUT2D eigenvalue weighted by Gasteiger charge is 2.22. The smallest absolute Gasteiger partial charge is 0.354 e. The first-order valence-electron chi connectivity index (χ1n) is 8.96. The molecule has 148 valence electrons. The topological polar surface area (TPSA) is 105 Å². The summed E-state index contributed by atoms with van der Waals surface area (Å²) >= 11 is 0. The number of ether oxygens (including phenoxy) is 1. The standard InChI is InChI=1S/C21H24N2O5/c1-21(2,10-13-4-6-15(27-3)7-5-13)23-11-17(25)16-8-14(24)9-18-20(16)22-12-19(26)28-18/h4-9,12,17,23-25H,10-11H2,1-3H3/t17-/m0/s1. The summed E-state index contributed by atoms with van der Waals surface area (Å²) < 4.78 is 10.2. The number of nitrogens with one attached hydrogen (secondary N) is 1. The van der Waals surface area contributed by atoms with Crippen molar-refractivity contribution in [3.8, 4) is 11.5 Å². The van der Waals surface area contributed by atoms with Gasteiger partial charge in [-0.15, -0.1) is 0 Å². The predicted molar refractivity (Wildman–Crippen MR) is 106 cm³/mol. The first-order chi connectivity index (χ1) is 13.3. The molecule has 0 aliphatic carbocycles. The summed E-state index contributed by atoms with van der Waals surface area (Å²) in [5.41, 5.74) is 1.11. The number of methoxy groups -OCH3 is 1. The van der Waals surface area contributed by atoms with Crippen molar-refractivity contribution in [3.63, 3.8) is 0 Å². The second-order valence-electron chi connectivity index (χ2n) is 7.37. The molecule has 3 aromatic rings. The van der Waals surface area contributed by atoms with E-state index in [2.05, 4.69) is 10.3 Å². The van der Waals surface area contributed by atoms with Crippen molar-refractivity contribution in [1.29, 1.82) is 0 Å². The molecule has 0 unspecified atom stereocenters. The molecule has 1 aromatic heterocycles. The van der Waals surface area contributed by atoms with E-state index in [1.54, 1.807) is 7.11 Å². The minimum absolute atomic E-state index is 0.102. The van der Waals surface area contributed by atoms with Crippen molar-refractivity contribution < 1.29 is 19.4 Å². The number of benzene rings is 2. The Morgan fingerprint density at radius 1 is 1.25 bits per heavy atom. The number of phenols is 1. The van der Waals surface area contributed by atoms with Crippen LogP contribution in [0.15, 0.2) is 51.8 Å². The largest absolute Gasteiger partial charge is 0.508 e. The van der Waals surface area contributed by atoms with Gasteiger partial charge in [-0.25, -0.2) is 9.78 Å². The minimum Gasteiger partial charge on any atom is -0.508 e. The van der Waals surface area contributed by atoms with Gasteiger partial charge < -0.3 is 24.7 Å². The fourth-order valence-electron chi connectivity index (χ4n) is 3.14. The van der Waals surface area contributed by atoms with Gasteiger partial charge in [0, 0.05) is 23.7 Å². The van der Waals surface area contributed by atoms with Crippen molar-refractivity contribution in [2.75, 3.05) is 13.7 Å². The lowest BCUT2D eigenvalue weighted by atomic mass is 9.94. The summed E-state index contributed by atoms with van der Waals surface area (Å²) in [4.78, 5) is 15.4. The Hall–Kier alpha value is -2.90. The molecule has 1 atom stereocenters. The Morgan fingerprint density at radius 3 is 2.64 bits per heavy atom. The van der Waals surface area contributed by atoms with E-state index >= 15 is 0 Å². The van der Waals surface area contributed by atoms with Crippen LogP contribution in [0.5, 0.6) is 11.5 Å². The second kappa shape index (κ2) is 8.00. The van der Waals surface area contributed by atoms with Crippen molar-refractivity contribution in [2.24, 2.45) is 0 Å². The summed E-state index contributed by atoms with van der Waals surface area (Å²) in [6.07, 6.45) is 0.860. The molecule has 3 rings (SSSR count). The maximum absolute atomic E-state index is 11.4. The number of hydrogen-bond acceptors (Lipinski definition) is 7. The monoisotopic (exact) mass is 384 g/mol. The van der Waals surface area contributed by atoms with Crippen LogP contribution in [-0.4, -0.2) is 34.4 Å². The number of aliphatic hydroxyl groups excluding tert-OH is 1. The molecule has 0 spiro atoms. The zero-order chi connectivity index (χ0) is 20.3. The molecule has 2 aromatic carbocycles. The summed E-state index contributed by atoms with van der Waals surface area (Å²) in [5, 5.41) is 23.9. The van der Waals surface area contributed by atoms with Crippen LogP contribution in [0, 0.1) is 0 Å². The van der Waals surface area contributed by atoms with Crippen LogP contribution in [0.4, 0.5) is 0 Å². The van der Waals surface area contributed by atoms with Gasteiger partial charge in [0.05, 0.1) is 13.2 Å². The van der Waals surface area contributed by atoms with Crippen molar-refractivity contribution in [1.82, 2.24) is 10.3 Å². The molecule has 0 aliphatic rings. The van der Waals surface area contributed by atoms with E-state index in [0.717, 1.165) is 23.9 Å². The van der Waals surface area contributed by atoms with Crippen LogP contribution in [-0.2, 0) is 6.42 Å². The molecule has 0 radical (unpaired) electrons. The second-order valence-corrected chi connectivity index (χ2v) is 7.37. The van der Waals surface area contributed by atoms with E-state index in [1.807, 2.05) is 38.1 Å². The number of aromatic hydroxyl groups is 1. The summed E-state index contributed by atoms with van der Waals surface area (Å²) in [7, 11) is 1.63. The molecule has 0 saturated carbocycles. The van der Waals surface area contributed by atoms with Gasteiger partial charge in [0.15, 0.2) is 5.58 Å². The third kappa shape index (κ3) is 4.68. The molecule has 0 amide bonds. The van der Waals surface area contributed by atoms with Gasteiger partial charge in [0.2, 0.25) is 0 Å². The van der Waals surface area contributed by atoms with E-state index in [0.29, 0.717) is 11.1 Å². The molecule has 3 N–H and O–H groups in total. The lowest BCUT2D eigenvalue weighted by Crippen LogP contribution is -2.43. The zero-order valence-corrected chi connectivity index (χ0v) is 16.1. The summed E-state index contributed by atoms with van der Waals surface area (Å²) in [6.45, 7) is 4.33. The van der Waals surface area contributed by atoms with Crippen LogP contribution >= 0.6 is 0 Å². The van der Waals surface area contributed by atoms with Gasteiger partial charge in [-0.3, -0.25) is 0 Å². The van der Waals surface area contributed by atoms with E-state index in [1.165, 1.54) is 12.1 Å². The number of aromatic nitrogens is 1. The Bertz CT molecular complexity index is 1010. The normalized spacial score (nSPS) is 12.9. The first kappa shape index (κ1) is 19.9. The zero-order valence-electron chi connectivity index (χ0n) is 16.1. The van der Waals surface area contributed by atoms with Gasteiger partial charge in [-0.2, -0.15) is 0 Å². The maximum atomic E-state index is 11.4. The summed E-state index contributed by atoms with van der Waals surface area (Å²) in [6, 6.07) is 10.6. The number of β-amino-alcohol motifs (C(OH)–C–C–N with tert-alkyl or cyclic N) is 1. The molecular weight excluding hydrogens is 360 g/mol. The van der Waals surface area contributed by atoms with Gasteiger partial charge in [-0.1, -0.05) is 12.1 Å². The maximum Gasteiger partial charge on any atom is 0.354 e. The molecule has 0 fully saturated rings. The van der Waals surface area contributed by atoms with Crippen molar-refractivity contribution in [2.45, 2.75) is 31.9 Å². The molecule has 7 nitrogen and oxygen atoms in total. The Kier molecular flexibility index (Phi) is 5.67. The highest BCUT2D eigenvalue weighted by atomic mass is 16.5. The molecule has 0 saturated heterocycles. The van der Waals surface area contributed by atoms with Crippen LogP contribution in [0.1, 0.15) is 31.1 Å². The molecule has 0 aliphatic heterocycles. The van der Waals surface area contributed by atoms with Crippen molar-refractivity contribution >= 4 is 11.1 Å². The number of aliphatic hydroxyl groups is 1. The first-order valence-corrected chi connectivity index (χ1v) is 8.96. The third-order valence-electron chi connectivity index (χ3n) is 4.54. The average Bonchev–Trinajstić information content (AvgIpc) is 2.65. The number of fused-ring (bicyclic) bond motifs is 1. The molecular formula is C21H24N2O5. The molecule has 28 heavy (non-hydrogen) atoms. The fraction of sp³-hybridized carbons (Fsp3) is 0.333. The van der Waals surface area contributed by atoms with Crippen LogP contribution in [0.25, 0.3) is 11.1 Å². The molecule has 0 bridgehead atoms. The van der Waals surface area contributed by atoms with E-state index in [-0.39, 0.29) is 23.4 Å². The number of phenolic OH excluding ortho intramolecular Hbond substituents is 1. The van der Waals surface area contributed by atoms with Gasteiger partial charge in [0.1, 0.15) is 23.2 Å². The lowest BCUT2D eigenvalue weighted by Gasteiger charge is -2.28. The predicted octanol–water partition coefficient (Wildman–Crippen LogP) is 2.55. The highest BCUT2D eigenvalue weighted by Crippen LogP contribution is 2.27. The average molecular weight is 384 g/mol. The quantitative estimate of drug-likeness (QED) is 0.575. The third-order valence-corrected chi connectivity index (χ3v) is 4.54. The Morgan fingerprint density at radius 2 is 1.96 bits per heavy atom. The van der Waals surface area contributed by atoms with Gasteiger partial charge in [0.25, 0.3) is 0 Å². The van der Waals surface area contributed by atoms with Crippen LogP contribution < -0.4 is 15.7 Å². The van der Waals surface area contributed by atoms with Crippen LogP contribution in [0.2, 0.25) is 0 Å². The number of nitrogens with zero attached hydrogens (tertiary/aromatic N) is 1. The van der Waals surface area contributed by atoms with E-state index < -0.39 is 11.7 Å². The van der Waals surface area contributed by atoms with Crippen LogP contribution in [0.3, 0.4) is 0 Å². The van der Waals surface area contributed by atoms with Crippen molar-refractivity contribution in [3.05, 3.63) is 64.1 Å². The minimum atomic E-state index is -0.940. The van der Waals surface area contributed by atoms with E-state index in [4.69, 9.17) is 9.15 Å². The SMILES string of the molecule is COc1ccc(CC(C)(C)NC[C@H](O)c2cc(O)cc3oc(=O)cnc23)cc1. The number of rotatable bonds is 7. The Labute approximate surface area is 162 Å². The molecule has 7 heteroatoms. The lowest BCUT2D eigenvalue weighted by molar-refractivity contribution is 0.161. The highest BCUT2D eigenvalue weighted by molar-refractivity contribution is 5.78. The Balaban J connectivity index is 1.73. The van der Waals surface area contributed by atoms with E-state index in [9.17, 15) is 15.0 Å². The number of hydrogen-bond donors (Lipinski definition) is 3. The summed E-state index contributed by atoms with van der Waals surface area (Å²) in [5.74, 6) is 0.704. The molecule has 1 heterocycles. The fourth-order valence-corrected chi connectivity index (χ4v) is 3.14. The van der Waals surface area contributed by atoms with Gasteiger partial charge >= 0.3 is 5.63 Å². The van der Waals surface area contributed by atoms with Gasteiger partial charge in [-0.05, 0) is 44.0 Å².